The number of nitrogens with one attached hydrogen (secondary N) is 1. The predicted octanol–water partition coefficient (Wildman–Crippen LogP) is 2.31. The van der Waals surface area contributed by atoms with Gasteiger partial charge in [-0.25, -0.2) is 8.78 Å². The van der Waals surface area contributed by atoms with Crippen LogP contribution in [0, 0.1) is 11.6 Å². The van der Waals surface area contributed by atoms with E-state index in [0.29, 0.717) is 12.2 Å². The van der Waals surface area contributed by atoms with E-state index in [1.54, 1.807) is 4.68 Å². The van der Waals surface area contributed by atoms with Gasteiger partial charge in [0.05, 0.1) is 12.2 Å². The highest BCUT2D eigenvalue weighted by molar-refractivity contribution is 5.43. The van der Waals surface area contributed by atoms with Gasteiger partial charge in [0.15, 0.2) is 0 Å². The van der Waals surface area contributed by atoms with Crippen molar-refractivity contribution in [2.45, 2.75) is 6.54 Å². The first-order chi connectivity index (χ1) is 7.63. The second-order valence-electron chi connectivity index (χ2n) is 3.49. The molecule has 1 aromatic heterocycles. The van der Waals surface area contributed by atoms with Crippen molar-refractivity contribution < 1.29 is 8.78 Å². The summed E-state index contributed by atoms with van der Waals surface area (Å²) in [6, 6.07) is 5.16. The Morgan fingerprint density at radius 1 is 1.25 bits per heavy atom. The van der Waals surface area contributed by atoms with Gasteiger partial charge in [0, 0.05) is 25.0 Å². The number of aryl methyl sites for hydroxylation is 1. The number of hydrogen-bond acceptors (Lipinski definition) is 2. The molecule has 16 heavy (non-hydrogen) atoms. The van der Waals surface area contributed by atoms with Gasteiger partial charge in [-0.15, -0.1) is 0 Å². The van der Waals surface area contributed by atoms with E-state index in [-0.39, 0.29) is 0 Å². The zero-order chi connectivity index (χ0) is 11.5. The summed E-state index contributed by atoms with van der Waals surface area (Å²) >= 11 is 0. The summed E-state index contributed by atoms with van der Waals surface area (Å²) in [7, 11) is 1.81. The lowest BCUT2D eigenvalue weighted by Gasteiger charge is -2.04. The maximum absolute atomic E-state index is 12.9. The summed E-state index contributed by atoms with van der Waals surface area (Å²) in [6.07, 6.45) is 1.81. The Kier molecular flexibility index (Phi) is 2.85. The van der Waals surface area contributed by atoms with Gasteiger partial charge in [0.25, 0.3) is 0 Å². The van der Waals surface area contributed by atoms with E-state index in [1.807, 2.05) is 19.3 Å². The van der Waals surface area contributed by atoms with E-state index in [1.165, 1.54) is 12.1 Å². The van der Waals surface area contributed by atoms with Crippen LogP contribution in [0.5, 0.6) is 0 Å². The molecule has 0 aliphatic heterocycles. The molecule has 0 saturated heterocycles. The molecule has 1 heterocycles. The number of nitrogens with zero attached hydrogens (tertiary/aromatic N) is 2. The topological polar surface area (TPSA) is 29.9 Å². The predicted molar refractivity (Wildman–Crippen MR) is 56.9 cm³/mol. The van der Waals surface area contributed by atoms with Crippen LogP contribution in [0.1, 0.15) is 5.69 Å². The van der Waals surface area contributed by atoms with E-state index in [4.69, 9.17) is 0 Å². The molecule has 0 saturated carbocycles. The molecule has 0 atom stereocenters. The third-order valence-corrected chi connectivity index (χ3v) is 2.11. The van der Waals surface area contributed by atoms with Crippen LogP contribution in [0.3, 0.4) is 0 Å². The molecular formula is C11H11F2N3. The largest absolute Gasteiger partial charge is 0.379 e. The van der Waals surface area contributed by atoms with Gasteiger partial charge < -0.3 is 5.32 Å². The molecule has 2 aromatic rings. The molecule has 0 fully saturated rings. The molecule has 84 valence electrons. The first-order valence-electron chi connectivity index (χ1n) is 4.82. The lowest BCUT2D eigenvalue weighted by atomic mass is 10.3. The van der Waals surface area contributed by atoms with E-state index >= 15 is 0 Å². The normalized spacial score (nSPS) is 10.4. The van der Waals surface area contributed by atoms with Crippen LogP contribution in [0.4, 0.5) is 14.5 Å². The average molecular weight is 223 g/mol. The molecule has 3 nitrogen and oxygen atoms in total. The molecule has 2 rings (SSSR count). The Morgan fingerprint density at radius 3 is 2.50 bits per heavy atom. The van der Waals surface area contributed by atoms with Crippen LogP contribution >= 0.6 is 0 Å². The van der Waals surface area contributed by atoms with Crippen molar-refractivity contribution in [1.29, 1.82) is 0 Å². The Morgan fingerprint density at radius 2 is 1.94 bits per heavy atom. The molecule has 1 N–H and O–H groups in total. The minimum absolute atomic E-state index is 0.406. The van der Waals surface area contributed by atoms with Crippen molar-refractivity contribution in [3.63, 3.8) is 0 Å². The number of rotatable bonds is 3. The van der Waals surface area contributed by atoms with Crippen LogP contribution in [-0.2, 0) is 13.6 Å². The minimum Gasteiger partial charge on any atom is -0.379 e. The van der Waals surface area contributed by atoms with Gasteiger partial charge in [0.1, 0.15) is 11.6 Å². The fourth-order valence-corrected chi connectivity index (χ4v) is 1.41. The summed E-state index contributed by atoms with van der Waals surface area (Å²) in [5.74, 6) is -1.19. The fourth-order valence-electron chi connectivity index (χ4n) is 1.41. The smallest absolute Gasteiger partial charge is 0.128 e. The Balaban J connectivity index is 2.04. The van der Waals surface area contributed by atoms with Gasteiger partial charge in [-0.1, -0.05) is 0 Å². The van der Waals surface area contributed by atoms with Crippen molar-refractivity contribution in [3.8, 4) is 0 Å². The summed E-state index contributed by atoms with van der Waals surface area (Å²) in [5, 5.41) is 7.04. The monoisotopic (exact) mass is 223 g/mol. The Hall–Kier alpha value is -1.91. The van der Waals surface area contributed by atoms with Crippen molar-refractivity contribution in [2.75, 3.05) is 5.32 Å². The Bertz CT molecular complexity index is 473. The lowest BCUT2D eigenvalue weighted by Crippen LogP contribution is -2.01. The zero-order valence-electron chi connectivity index (χ0n) is 8.74. The average Bonchev–Trinajstić information content (AvgIpc) is 2.60. The van der Waals surface area contributed by atoms with Crippen molar-refractivity contribution in [1.82, 2.24) is 9.78 Å². The quantitative estimate of drug-likeness (QED) is 0.865. The third-order valence-electron chi connectivity index (χ3n) is 2.11. The molecule has 0 spiro atoms. The highest BCUT2D eigenvalue weighted by Crippen LogP contribution is 2.13. The zero-order valence-corrected chi connectivity index (χ0v) is 8.74. The van der Waals surface area contributed by atoms with Crippen LogP contribution in [-0.4, -0.2) is 9.78 Å². The molecule has 0 amide bonds. The van der Waals surface area contributed by atoms with Crippen molar-refractivity contribution in [2.24, 2.45) is 7.05 Å². The standard InChI is InChI=1S/C11H11F2N3/c1-16-3-2-10(15-16)7-14-11-5-8(12)4-9(13)6-11/h2-6,14H,7H2,1H3. The third kappa shape index (κ3) is 2.56. The Labute approximate surface area is 91.7 Å². The van der Waals surface area contributed by atoms with E-state index in [9.17, 15) is 8.78 Å². The number of benzene rings is 1. The highest BCUT2D eigenvalue weighted by atomic mass is 19.1. The highest BCUT2D eigenvalue weighted by Gasteiger charge is 2.01. The minimum atomic E-state index is -0.594. The van der Waals surface area contributed by atoms with Gasteiger partial charge in [-0.3, -0.25) is 4.68 Å². The molecule has 0 aliphatic carbocycles. The second-order valence-corrected chi connectivity index (χ2v) is 3.49. The molecule has 1 aromatic carbocycles. The van der Waals surface area contributed by atoms with Crippen LogP contribution < -0.4 is 5.32 Å². The van der Waals surface area contributed by atoms with Crippen molar-refractivity contribution >= 4 is 5.69 Å². The first-order valence-corrected chi connectivity index (χ1v) is 4.82. The number of halogens is 2. The summed E-state index contributed by atoms with van der Waals surface area (Å²) in [5.41, 5.74) is 1.22. The molecular weight excluding hydrogens is 212 g/mol. The SMILES string of the molecule is Cn1ccc(CNc2cc(F)cc(F)c2)n1. The molecule has 0 aliphatic rings. The number of aromatic nitrogens is 2. The van der Waals surface area contributed by atoms with Crippen LogP contribution in [0.15, 0.2) is 30.5 Å². The van der Waals surface area contributed by atoms with Gasteiger partial charge in [-0.2, -0.15) is 5.10 Å². The van der Waals surface area contributed by atoms with Crippen LogP contribution in [0.2, 0.25) is 0 Å². The lowest BCUT2D eigenvalue weighted by molar-refractivity contribution is 0.584. The maximum atomic E-state index is 12.9. The molecule has 5 heteroatoms. The van der Waals surface area contributed by atoms with E-state index in [0.717, 1.165) is 11.8 Å². The van der Waals surface area contributed by atoms with Gasteiger partial charge >= 0.3 is 0 Å². The number of hydrogen-bond donors (Lipinski definition) is 1. The maximum Gasteiger partial charge on any atom is 0.128 e. The van der Waals surface area contributed by atoms with E-state index in [2.05, 4.69) is 10.4 Å². The molecule has 0 radical (unpaired) electrons. The van der Waals surface area contributed by atoms with Crippen molar-refractivity contribution in [3.05, 3.63) is 47.8 Å². The van der Waals surface area contributed by atoms with Crippen LogP contribution in [0.25, 0.3) is 0 Å². The summed E-state index contributed by atoms with van der Waals surface area (Å²) in [4.78, 5) is 0. The second kappa shape index (κ2) is 4.30. The molecule has 0 bridgehead atoms. The number of anilines is 1. The fraction of sp³-hybridized carbons (Fsp3) is 0.182. The summed E-state index contributed by atoms with van der Waals surface area (Å²) in [6.45, 7) is 0.434. The first kappa shape index (κ1) is 10.6. The van der Waals surface area contributed by atoms with Gasteiger partial charge in [0.2, 0.25) is 0 Å². The molecule has 0 unspecified atom stereocenters. The summed E-state index contributed by atoms with van der Waals surface area (Å²) < 4.78 is 27.4. The van der Waals surface area contributed by atoms with Gasteiger partial charge in [-0.05, 0) is 18.2 Å². The van der Waals surface area contributed by atoms with E-state index < -0.39 is 11.6 Å².